The summed E-state index contributed by atoms with van der Waals surface area (Å²) in [6.07, 6.45) is 0.932. The Morgan fingerprint density at radius 3 is 2.50 bits per heavy atom. The molecule has 2 aromatic carbocycles. The van der Waals surface area contributed by atoms with Gasteiger partial charge in [-0.1, -0.05) is 23.7 Å². The number of carbonyl (C=O) groups is 1. The Balaban J connectivity index is 1.54. The molecule has 0 aliphatic carbocycles. The minimum absolute atomic E-state index is 0.0360. The molecule has 0 saturated carbocycles. The van der Waals surface area contributed by atoms with Gasteiger partial charge in [-0.05, 0) is 48.4 Å². The molecule has 0 unspecified atom stereocenters. The number of aryl methyl sites for hydroxylation is 1. The second kappa shape index (κ2) is 7.68. The predicted octanol–water partition coefficient (Wildman–Crippen LogP) is 2.97. The molecule has 0 N–H and O–H groups in total. The molecule has 0 bridgehead atoms. The highest BCUT2D eigenvalue weighted by Crippen LogP contribution is 2.26. The zero-order chi connectivity index (χ0) is 18.7. The molecular weight excluding hydrogens is 374 g/mol. The van der Waals surface area contributed by atoms with Crippen molar-refractivity contribution >= 4 is 27.3 Å². The Morgan fingerprint density at radius 1 is 1.19 bits per heavy atom. The first-order chi connectivity index (χ1) is 12.4. The van der Waals surface area contributed by atoms with Gasteiger partial charge < -0.3 is 9.64 Å². The standard InChI is InChI=1S/C19H20ClNO4S/c1-25-16-6-8-17(9-7-16)26(23,24)18-12-21(13-18)19(22)10-5-14-3-2-4-15(20)11-14/h2-4,6-9,11,18H,5,10,12-13H2,1H3. The molecule has 1 aliphatic heterocycles. The molecule has 1 heterocycles. The van der Waals surface area contributed by atoms with Crippen molar-refractivity contribution in [1.29, 1.82) is 0 Å². The van der Waals surface area contributed by atoms with Crippen molar-refractivity contribution in [2.24, 2.45) is 0 Å². The van der Waals surface area contributed by atoms with Crippen molar-refractivity contribution in [2.75, 3.05) is 20.2 Å². The maximum atomic E-state index is 12.6. The van der Waals surface area contributed by atoms with E-state index in [1.165, 1.54) is 19.2 Å². The lowest BCUT2D eigenvalue weighted by atomic mass is 10.1. The highest BCUT2D eigenvalue weighted by Gasteiger charge is 2.40. The van der Waals surface area contributed by atoms with E-state index in [0.29, 0.717) is 23.6 Å². The lowest BCUT2D eigenvalue weighted by Crippen LogP contribution is -2.56. The number of ether oxygens (including phenoxy) is 1. The third-order valence-electron chi connectivity index (χ3n) is 4.54. The van der Waals surface area contributed by atoms with Crippen molar-refractivity contribution in [3.05, 3.63) is 59.1 Å². The highest BCUT2D eigenvalue weighted by molar-refractivity contribution is 7.92. The predicted molar refractivity (Wildman–Crippen MR) is 100 cm³/mol. The number of amides is 1. The Bertz CT molecular complexity index is 890. The topological polar surface area (TPSA) is 63.7 Å². The number of sulfone groups is 1. The van der Waals surface area contributed by atoms with E-state index in [0.717, 1.165) is 5.56 Å². The van der Waals surface area contributed by atoms with Crippen LogP contribution in [0.5, 0.6) is 5.75 Å². The van der Waals surface area contributed by atoms with Crippen LogP contribution < -0.4 is 4.74 Å². The fourth-order valence-corrected chi connectivity index (χ4v) is 4.76. The number of nitrogens with zero attached hydrogens (tertiary/aromatic N) is 1. The molecule has 1 aliphatic rings. The van der Waals surface area contributed by atoms with Crippen molar-refractivity contribution in [3.8, 4) is 5.75 Å². The first-order valence-corrected chi connectivity index (χ1v) is 10.2. The maximum Gasteiger partial charge on any atom is 0.222 e. The number of hydrogen-bond acceptors (Lipinski definition) is 4. The van der Waals surface area contributed by atoms with Gasteiger partial charge >= 0.3 is 0 Å². The third kappa shape index (κ3) is 4.02. The van der Waals surface area contributed by atoms with E-state index < -0.39 is 15.1 Å². The van der Waals surface area contributed by atoms with Crippen LogP contribution in [0.25, 0.3) is 0 Å². The van der Waals surface area contributed by atoms with Gasteiger partial charge in [-0.15, -0.1) is 0 Å². The van der Waals surface area contributed by atoms with E-state index in [1.807, 2.05) is 18.2 Å². The van der Waals surface area contributed by atoms with Crippen molar-refractivity contribution in [2.45, 2.75) is 23.0 Å². The fourth-order valence-electron chi connectivity index (χ4n) is 2.90. The van der Waals surface area contributed by atoms with E-state index in [4.69, 9.17) is 16.3 Å². The normalized spacial score (nSPS) is 14.8. The van der Waals surface area contributed by atoms with Crippen LogP contribution in [0.1, 0.15) is 12.0 Å². The molecule has 0 atom stereocenters. The molecule has 2 aromatic rings. The number of rotatable bonds is 6. The summed E-state index contributed by atoms with van der Waals surface area (Å²) in [5, 5.41) is 0.0931. The monoisotopic (exact) mass is 393 g/mol. The Kier molecular flexibility index (Phi) is 5.53. The van der Waals surface area contributed by atoms with Gasteiger partial charge in [0.1, 0.15) is 11.0 Å². The minimum Gasteiger partial charge on any atom is -0.497 e. The van der Waals surface area contributed by atoms with Gasteiger partial charge in [0.15, 0.2) is 9.84 Å². The Hall–Kier alpha value is -2.05. The molecular formula is C19H20ClNO4S. The summed E-state index contributed by atoms with van der Waals surface area (Å²) in [4.78, 5) is 14.1. The summed E-state index contributed by atoms with van der Waals surface area (Å²) in [5.41, 5.74) is 0.994. The summed E-state index contributed by atoms with van der Waals surface area (Å²) in [6, 6.07) is 13.7. The molecule has 0 spiro atoms. The Labute approximate surface area is 158 Å². The number of methoxy groups -OCH3 is 1. The van der Waals surface area contributed by atoms with Crippen LogP contribution in [0.4, 0.5) is 0 Å². The van der Waals surface area contributed by atoms with E-state index in [9.17, 15) is 13.2 Å². The average molecular weight is 394 g/mol. The summed E-state index contributed by atoms with van der Waals surface area (Å²) in [5.74, 6) is 0.571. The van der Waals surface area contributed by atoms with Gasteiger partial charge in [0.25, 0.3) is 0 Å². The lowest BCUT2D eigenvalue weighted by molar-refractivity contribution is -0.134. The molecule has 1 fully saturated rings. The minimum atomic E-state index is -3.43. The molecule has 5 nitrogen and oxygen atoms in total. The first kappa shape index (κ1) is 18.7. The summed E-state index contributed by atoms with van der Waals surface area (Å²) in [7, 11) is -1.90. The first-order valence-electron chi connectivity index (χ1n) is 8.30. The van der Waals surface area contributed by atoms with Crippen molar-refractivity contribution in [1.82, 2.24) is 4.90 Å². The third-order valence-corrected chi connectivity index (χ3v) is 6.88. The SMILES string of the molecule is COc1ccc(S(=O)(=O)C2CN(C(=O)CCc3cccc(Cl)c3)C2)cc1. The molecule has 3 rings (SSSR count). The van der Waals surface area contributed by atoms with E-state index >= 15 is 0 Å². The largest absolute Gasteiger partial charge is 0.497 e. The van der Waals surface area contributed by atoms with E-state index in [1.54, 1.807) is 23.1 Å². The zero-order valence-corrected chi connectivity index (χ0v) is 16.0. The second-order valence-corrected chi connectivity index (χ2v) is 8.94. The van der Waals surface area contributed by atoms with Gasteiger partial charge in [0.05, 0.1) is 12.0 Å². The van der Waals surface area contributed by atoms with Gasteiger partial charge in [0.2, 0.25) is 5.91 Å². The fraction of sp³-hybridized carbons (Fsp3) is 0.316. The molecule has 1 amide bonds. The molecule has 26 heavy (non-hydrogen) atoms. The van der Waals surface area contributed by atoms with Gasteiger partial charge in [-0.3, -0.25) is 4.79 Å². The lowest BCUT2D eigenvalue weighted by Gasteiger charge is -2.38. The van der Waals surface area contributed by atoms with Crippen LogP contribution >= 0.6 is 11.6 Å². The maximum absolute atomic E-state index is 12.6. The molecule has 0 aromatic heterocycles. The van der Waals surface area contributed by atoms with Crippen molar-refractivity contribution in [3.63, 3.8) is 0 Å². The Morgan fingerprint density at radius 2 is 1.88 bits per heavy atom. The van der Waals surface area contributed by atoms with E-state index in [-0.39, 0.29) is 23.9 Å². The average Bonchev–Trinajstić information content (AvgIpc) is 2.58. The van der Waals surface area contributed by atoms with Crippen LogP contribution in [-0.2, 0) is 21.1 Å². The highest BCUT2D eigenvalue weighted by atomic mass is 35.5. The van der Waals surface area contributed by atoms with Gasteiger partial charge in [-0.25, -0.2) is 8.42 Å². The molecule has 138 valence electrons. The number of benzene rings is 2. The zero-order valence-electron chi connectivity index (χ0n) is 14.4. The number of carbonyl (C=O) groups excluding carboxylic acids is 1. The van der Waals surface area contributed by atoms with Crippen LogP contribution in [0.3, 0.4) is 0 Å². The summed E-state index contributed by atoms with van der Waals surface area (Å²) < 4.78 is 30.3. The second-order valence-electron chi connectivity index (χ2n) is 6.27. The molecule has 7 heteroatoms. The van der Waals surface area contributed by atoms with Gasteiger partial charge in [-0.2, -0.15) is 0 Å². The number of halogens is 1. The molecule has 1 saturated heterocycles. The summed E-state index contributed by atoms with van der Waals surface area (Å²) in [6.45, 7) is 0.478. The van der Waals surface area contributed by atoms with Crippen LogP contribution in [0, 0.1) is 0 Å². The van der Waals surface area contributed by atoms with Crippen LogP contribution in [0.2, 0.25) is 5.02 Å². The van der Waals surface area contributed by atoms with Crippen LogP contribution in [-0.4, -0.2) is 44.7 Å². The number of hydrogen-bond donors (Lipinski definition) is 0. The van der Waals surface area contributed by atoms with Crippen molar-refractivity contribution < 1.29 is 17.9 Å². The van der Waals surface area contributed by atoms with E-state index in [2.05, 4.69) is 0 Å². The van der Waals surface area contributed by atoms with Crippen LogP contribution in [0.15, 0.2) is 53.4 Å². The summed E-state index contributed by atoms with van der Waals surface area (Å²) >= 11 is 5.94. The number of likely N-dealkylation sites (tertiary alicyclic amines) is 1. The smallest absolute Gasteiger partial charge is 0.222 e. The van der Waals surface area contributed by atoms with Gasteiger partial charge in [0, 0.05) is 24.5 Å². The molecule has 0 radical (unpaired) electrons. The quantitative estimate of drug-likeness (QED) is 0.756.